The van der Waals surface area contributed by atoms with Gasteiger partial charge in [-0.3, -0.25) is 13.8 Å². The van der Waals surface area contributed by atoms with Gasteiger partial charge in [-0.2, -0.15) is 0 Å². The lowest BCUT2D eigenvalue weighted by atomic mass is 10.0. The molecule has 0 saturated heterocycles. The highest BCUT2D eigenvalue weighted by atomic mass is 32.2. The molecule has 2 N–H and O–H groups in total. The fraction of sp³-hybridized carbons (Fsp3) is 0.122. The second-order valence-electron chi connectivity index (χ2n) is 11.5. The monoisotopic (exact) mass is 706 g/mol. The Kier molecular flexibility index (Phi) is 11.5. The Morgan fingerprint density at radius 3 is 2.14 bits per heavy atom. The number of rotatable bonds is 12. The first kappa shape index (κ1) is 36.3. The van der Waals surface area contributed by atoms with Crippen LogP contribution in [0, 0.1) is 5.82 Å². The van der Waals surface area contributed by atoms with Gasteiger partial charge in [0.25, 0.3) is 0 Å². The first-order valence-corrected chi connectivity index (χ1v) is 17.2. The molecule has 0 heterocycles. The minimum atomic E-state index is -1.10. The van der Waals surface area contributed by atoms with Gasteiger partial charge in [-0.15, -0.1) is 0 Å². The van der Waals surface area contributed by atoms with Crippen LogP contribution < -0.4 is 14.2 Å². The van der Waals surface area contributed by atoms with Crippen molar-refractivity contribution in [2.45, 2.75) is 18.2 Å². The number of carbonyl (C=O) groups is 2. The predicted molar refractivity (Wildman–Crippen MR) is 197 cm³/mol. The molecule has 1 aliphatic rings. The van der Waals surface area contributed by atoms with Crippen molar-refractivity contribution in [3.8, 4) is 23.0 Å². The van der Waals surface area contributed by atoms with Crippen LogP contribution in [-0.2, 0) is 20.4 Å². The van der Waals surface area contributed by atoms with E-state index in [4.69, 9.17) is 14.2 Å². The lowest BCUT2D eigenvalue weighted by Crippen LogP contribution is -2.09. The number of ether oxygens (including phenoxy) is 3. The Hall–Kier alpha value is -6.00. The fourth-order valence-corrected chi connectivity index (χ4v) is 6.00. The van der Waals surface area contributed by atoms with Crippen molar-refractivity contribution in [1.29, 1.82) is 0 Å². The molecule has 10 heteroatoms. The summed E-state index contributed by atoms with van der Waals surface area (Å²) in [4.78, 5) is 26.3. The molecule has 0 bridgehead atoms. The summed E-state index contributed by atoms with van der Waals surface area (Å²) in [6.45, 7) is 1.88. The number of hydrogen-bond donors (Lipinski definition) is 2. The van der Waals surface area contributed by atoms with Crippen molar-refractivity contribution in [3.05, 3.63) is 142 Å². The predicted octanol–water partition coefficient (Wildman–Crippen LogP) is 8.35. The van der Waals surface area contributed by atoms with Crippen molar-refractivity contribution >= 4 is 51.9 Å². The average Bonchev–Trinajstić information content (AvgIpc) is 3.35. The van der Waals surface area contributed by atoms with E-state index in [-0.39, 0.29) is 35.2 Å². The number of phenols is 1. The number of allylic oxidation sites excluding steroid dienone is 5. The van der Waals surface area contributed by atoms with E-state index in [1.165, 1.54) is 50.6 Å². The molecule has 0 amide bonds. The maximum atomic E-state index is 14.4. The summed E-state index contributed by atoms with van der Waals surface area (Å²) >= 11 is 0. The molecule has 260 valence electrons. The molecule has 1 aliphatic carbocycles. The first-order chi connectivity index (χ1) is 24.4. The summed E-state index contributed by atoms with van der Waals surface area (Å²) in [5.41, 5.74) is 5.79. The number of fused-ring (bicyclic) bond motifs is 1. The Labute approximate surface area is 297 Å². The van der Waals surface area contributed by atoms with Gasteiger partial charge in [-0.05, 0) is 118 Å². The molecule has 0 spiro atoms. The third-order valence-corrected chi connectivity index (χ3v) is 9.03. The van der Waals surface area contributed by atoms with Crippen LogP contribution in [0.15, 0.2) is 113 Å². The van der Waals surface area contributed by atoms with Crippen LogP contribution in [0.1, 0.15) is 41.2 Å². The Balaban J connectivity index is 1.28. The summed E-state index contributed by atoms with van der Waals surface area (Å²) in [7, 11) is 1.75. The van der Waals surface area contributed by atoms with Gasteiger partial charge in [0.05, 0.1) is 20.6 Å². The van der Waals surface area contributed by atoms with E-state index in [0.29, 0.717) is 27.2 Å². The number of aliphatic hydroxyl groups is 1. The number of benzene rings is 4. The quantitative estimate of drug-likeness (QED) is 0.0496. The molecule has 4 aromatic carbocycles. The molecule has 51 heavy (non-hydrogen) atoms. The minimum Gasteiger partial charge on any atom is -0.508 e. The van der Waals surface area contributed by atoms with Crippen LogP contribution >= 0.6 is 0 Å². The van der Waals surface area contributed by atoms with E-state index in [1.54, 1.807) is 60.9 Å². The normalized spacial score (nSPS) is 14.3. The molecule has 4 aromatic rings. The van der Waals surface area contributed by atoms with E-state index < -0.39 is 28.4 Å². The third-order valence-electron chi connectivity index (χ3n) is 8.09. The van der Waals surface area contributed by atoms with Crippen molar-refractivity contribution in [2.75, 3.05) is 20.5 Å². The lowest BCUT2D eigenvalue weighted by Gasteiger charge is -2.11. The summed E-state index contributed by atoms with van der Waals surface area (Å²) in [6.07, 6.45) is 10.2. The molecule has 0 radical (unpaired) electrons. The second-order valence-corrected chi connectivity index (χ2v) is 12.9. The van der Waals surface area contributed by atoms with Crippen molar-refractivity contribution in [2.24, 2.45) is 0 Å². The van der Waals surface area contributed by atoms with Crippen LogP contribution in [0.2, 0.25) is 0 Å². The number of ketones is 1. The number of methoxy groups -OCH3 is 2. The molecule has 8 nitrogen and oxygen atoms in total. The Morgan fingerprint density at radius 1 is 0.804 bits per heavy atom. The van der Waals surface area contributed by atoms with Gasteiger partial charge < -0.3 is 24.4 Å². The van der Waals surface area contributed by atoms with Gasteiger partial charge in [0.2, 0.25) is 0 Å². The number of aromatic hydroxyl groups is 1. The fourth-order valence-electron chi connectivity index (χ4n) is 5.48. The highest BCUT2D eigenvalue weighted by Gasteiger charge is 2.27. The van der Waals surface area contributed by atoms with Crippen LogP contribution in [0.5, 0.6) is 23.0 Å². The maximum absolute atomic E-state index is 14.4. The van der Waals surface area contributed by atoms with Crippen molar-refractivity contribution in [3.63, 3.8) is 0 Å². The number of phenolic OH excluding ortho intramolecular Hbond substituents is 1. The van der Waals surface area contributed by atoms with Gasteiger partial charge in [0.15, 0.2) is 28.8 Å². The summed E-state index contributed by atoms with van der Waals surface area (Å²) in [5.74, 6) is -1.07. The zero-order valence-electron chi connectivity index (χ0n) is 28.3. The van der Waals surface area contributed by atoms with Crippen molar-refractivity contribution in [1.82, 2.24) is 0 Å². The van der Waals surface area contributed by atoms with Crippen LogP contribution in [0.25, 0.3) is 29.4 Å². The number of aliphatic hydroxyl groups excluding tert-OH is 1. The van der Waals surface area contributed by atoms with Gasteiger partial charge in [0, 0.05) is 28.0 Å². The number of halogens is 1. The minimum absolute atomic E-state index is 0.0217. The summed E-state index contributed by atoms with van der Waals surface area (Å²) < 4.78 is 42.4. The lowest BCUT2D eigenvalue weighted by molar-refractivity contribution is -0.133. The van der Waals surface area contributed by atoms with Gasteiger partial charge >= 0.3 is 5.97 Å². The van der Waals surface area contributed by atoms with E-state index in [9.17, 15) is 28.4 Å². The molecule has 0 aromatic heterocycles. The van der Waals surface area contributed by atoms with Crippen LogP contribution in [-0.4, -0.2) is 46.6 Å². The molecule has 0 saturated carbocycles. The topological polar surface area (TPSA) is 119 Å². The number of hydrogen-bond acceptors (Lipinski definition) is 8. The molecule has 1 atom stereocenters. The molecular weight excluding hydrogens is 672 g/mol. The van der Waals surface area contributed by atoms with E-state index in [1.807, 2.05) is 25.1 Å². The highest BCUT2D eigenvalue weighted by molar-refractivity contribution is 7.84. The van der Waals surface area contributed by atoms with Gasteiger partial charge in [0.1, 0.15) is 11.6 Å². The standard InChI is InChI=1S/C41H35FO8S/c1-25-34(19-26-7-14-32(15-8-26)51(4)47)33-16-11-29(42)22-36(33)35(25)24-41(46)50-38-18-10-28(21-40(38)49-3)6-13-31(44)23-30(43)12-5-27-9-17-37(45)39(20-27)48-2/h5-23,44-45H,24H2,1-4H3/b12-5+,13-6+,31-23?,34-19-. The third kappa shape index (κ3) is 8.97. The second kappa shape index (κ2) is 16.1. The van der Waals surface area contributed by atoms with E-state index in [0.717, 1.165) is 28.3 Å². The maximum Gasteiger partial charge on any atom is 0.315 e. The Bertz CT molecular complexity index is 2170. The molecular formula is C41H35FO8S. The van der Waals surface area contributed by atoms with Gasteiger partial charge in [-0.1, -0.05) is 42.5 Å². The van der Waals surface area contributed by atoms with E-state index >= 15 is 0 Å². The highest BCUT2D eigenvalue weighted by Crippen LogP contribution is 2.44. The molecule has 0 fully saturated rings. The largest absolute Gasteiger partial charge is 0.508 e. The van der Waals surface area contributed by atoms with Crippen molar-refractivity contribution < 1.29 is 42.6 Å². The Morgan fingerprint density at radius 2 is 1.45 bits per heavy atom. The van der Waals surface area contributed by atoms with E-state index in [2.05, 4.69) is 0 Å². The summed E-state index contributed by atoms with van der Waals surface area (Å²) in [6, 6.07) is 21.3. The number of carbonyl (C=O) groups excluding carboxylic acids is 2. The zero-order chi connectivity index (χ0) is 36.7. The van der Waals surface area contributed by atoms with Crippen LogP contribution in [0.3, 0.4) is 0 Å². The SMILES string of the molecule is COc1cc(/C=C/C(=O)C=C(O)/C=C/c2ccc(OC(=O)CC3=C(C)/C(=C/c4ccc(S(C)=O)cc4)c4ccc(F)cc43)c(OC)c2)ccc1O. The van der Waals surface area contributed by atoms with Gasteiger partial charge in [-0.25, -0.2) is 4.39 Å². The number of esters is 1. The smallest absolute Gasteiger partial charge is 0.315 e. The molecule has 0 aliphatic heterocycles. The van der Waals surface area contributed by atoms with Crippen LogP contribution in [0.4, 0.5) is 4.39 Å². The zero-order valence-corrected chi connectivity index (χ0v) is 29.1. The molecule has 1 unspecified atom stereocenters. The summed E-state index contributed by atoms with van der Waals surface area (Å²) in [5, 5.41) is 20.0. The molecule has 5 rings (SSSR count). The average molecular weight is 707 g/mol. The first-order valence-electron chi connectivity index (χ1n) is 15.7.